The molecule has 6 heteroatoms. The first-order valence-electron chi connectivity index (χ1n) is 10.2. The van der Waals surface area contributed by atoms with Gasteiger partial charge in [0.25, 0.3) is 11.8 Å². The zero-order chi connectivity index (χ0) is 21.2. The van der Waals surface area contributed by atoms with Crippen LogP contribution in [0.3, 0.4) is 0 Å². The van der Waals surface area contributed by atoms with E-state index in [1.54, 1.807) is 30.6 Å². The number of rotatable bonds is 6. The molecule has 4 aromatic rings. The van der Waals surface area contributed by atoms with Crippen LogP contribution in [-0.2, 0) is 0 Å². The highest BCUT2D eigenvalue weighted by Crippen LogP contribution is 2.30. The topological polar surface area (TPSA) is 75.2 Å². The molecule has 6 nitrogen and oxygen atoms in total. The average Bonchev–Trinajstić information content (AvgIpc) is 2.83. The van der Waals surface area contributed by atoms with Crippen LogP contribution in [-0.4, -0.2) is 39.8 Å². The summed E-state index contributed by atoms with van der Waals surface area (Å²) in [6.07, 6.45) is 4.09. The number of aromatic nitrogens is 2. The lowest BCUT2D eigenvalue weighted by atomic mass is 9.94. The van der Waals surface area contributed by atoms with Gasteiger partial charge in [-0.25, -0.2) is 9.97 Å². The Hall–Kier alpha value is -4.06. The van der Waals surface area contributed by atoms with E-state index >= 15 is 0 Å². The van der Waals surface area contributed by atoms with Crippen LogP contribution in [0.25, 0.3) is 22.2 Å². The van der Waals surface area contributed by atoms with Crippen molar-refractivity contribution in [2.75, 3.05) is 18.4 Å². The van der Waals surface area contributed by atoms with E-state index in [-0.39, 0.29) is 11.8 Å². The van der Waals surface area contributed by atoms with Gasteiger partial charge in [0.1, 0.15) is 0 Å². The Balaban J connectivity index is 1.22. The minimum atomic E-state index is -0.221. The number of hydrogen-bond acceptors (Lipinski definition) is 5. The molecular weight excluding hydrogens is 388 g/mol. The maximum atomic E-state index is 12.9. The molecule has 1 aliphatic heterocycles. The van der Waals surface area contributed by atoms with Gasteiger partial charge in [-0.05, 0) is 54.3 Å². The molecule has 0 fully saturated rings. The average molecular weight is 408 g/mol. The molecule has 0 unspecified atom stereocenters. The summed E-state index contributed by atoms with van der Waals surface area (Å²) in [6, 6.07) is 20.8. The Morgan fingerprint density at radius 2 is 1.42 bits per heavy atom. The first-order valence-corrected chi connectivity index (χ1v) is 10.2. The van der Waals surface area contributed by atoms with Gasteiger partial charge in [-0.15, -0.1) is 0 Å². The van der Waals surface area contributed by atoms with Crippen molar-refractivity contribution >= 4 is 28.3 Å². The van der Waals surface area contributed by atoms with Gasteiger partial charge in [0, 0.05) is 53.2 Å². The summed E-state index contributed by atoms with van der Waals surface area (Å²) in [6.45, 7) is 1.01. The Labute approximate surface area is 179 Å². The van der Waals surface area contributed by atoms with E-state index < -0.39 is 0 Å². The number of nitrogens with one attached hydrogen (secondary N) is 1. The number of imide groups is 1. The van der Waals surface area contributed by atoms with Crippen LogP contribution in [0.1, 0.15) is 27.1 Å². The fraction of sp³-hybridized carbons (Fsp3) is 0.120. The molecule has 1 aromatic heterocycles. The van der Waals surface area contributed by atoms with Crippen molar-refractivity contribution in [3.8, 4) is 11.4 Å². The number of benzene rings is 3. The minimum absolute atomic E-state index is 0.221. The highest BCUT2D eigenvalue weighted by atomic mass is 16.2. The SMILES string of the molecule is O=C1c2cccc3cccc(c23)C(=O)N1CCCNc1ccc(-c2ncccn2)cc1. The number of amides is 2. The maximum Gasteiger partial charge on any atom is 0.261 e. The minimum Gasteiger partial charge on any atom is -0.385 e. The molecule has 0 saturated heterocycles. The van der Waals surface area contributed by atoms with Crippen LogP contribution in [0.15, 0.2) is 79.1 Å². The molecule has 1 N–H and O–H groups in total. The third-order valence-corrected chi connectivity index (χ3v) is 5.45. The predicted octanol–water partition coefficient (Wildman–Crippen LogP) is 4.40. The van der Waals surface area contributed by atoms with Crippen molar-refractivity contribution < 1.29 is 9.59 Å². The molecule has 0 bridgehead atoms. The predicted molar refractivity (Wildman–Crippen MR) is 120 cm³/mol. The van der Waals surface area contributed by atoms with E-state index in [9.17, 15) is 9.59 Å². The number of anilines is 1. The Morgan fingerprint density at radius 3 is 2.06 bits per heavy atom. The summed E-state index contributed by atoms with van der Waals surface area (Å²) in [5, 5.41) is 5.02. The molecular formula is C25H20N4O2. The number of carbonyl (C=O) groups excluding carboxylic acids is 2. The molecule has 2 heterocycles. The summed E-state index contributed by atoms with van der Waals surface area (Å²) in [4.78, 5) is 35.7. The molecule has 152 valence electrons. The molecule has 1 aliphatic rings. The molecule has 0 aliphatic carbocycles. The highest BCUT2D eigenvalue weighted by molar-refractivity contribution is 6.25. The van der Waals surface area contributed by atoms with Crippen molar-refractivity contribution in [3.05, 3.63) is 90.3 Å². The maximum absolute atomic E-state index is 12.9. The van der Waals surface area contributed by atoms with E-state index in [4.69, 9.17) is 0 Å². The van der Waals surface area contributed by atoms with Crippen LogP contribution in [0.5, 0.6) is 0 Å². The Kier molecular flexibility index (Phi) is 4.88. The van der Waals surface area contributed by atoms with Crippen molar-refractivity contribution in [1.82, 2.24) is 14.9 Å². The Morgan fingerprint density at radius 1 is 0.774 bits per heavy atom. The number of nitrogens with zero attached hydrogens (tertiary/aromatic N) is 3. The van der Waals surface area contributed by atoms with Gasteiger partial charge in [-0.2, -0.15) is 0 Å². The van der Waals surface area contributed by atoms with Crippen molar-refractivity contribution in [2.24, 2.45) is 0 Å². The molecule has 0 saturated carbocycles. The van der Waals surface area contributed by atoms with Crippen LogP contribution < -0.4 is 5.32 Å². The summed E-state index contributed by atoms with van der Waals surface area (Å²) in [5.74, 6) is 0.245. The molecule has 0 spiro atoms. The zero-order valence-electron chi connectivity index (χ0n) is 16.8. The van der Waals surface area contributed by atoms with Gasteiger partial charge >= 0.3 is 0 Å². The highest BCUT2D eigenvalue weighted by Gasteiger charge is 2.31. The first-order chi connectivity index (χ1) is 15.2. The molecule has 3 aromatic carbocycles. The fourth-order valence-corrected chi connectivity index (χ4v) is 3.94. The molecule has 2 amide bonds. The van der Waals surface area contributed by atoms with Gasteiger partial charge in [0.2, 0.25) is 0 Å². The van der Waals surface area contributed by atoms with E-state index in [0.717, 1.165) is 22.0 Å². The van der Waals surface area contributed by atoms with E-state index in [2.05, 4.69) is 15.3 Å². The van der Waals surface area contributed by atoms with Crippen LogP contribution in [0, 0.1) is 0 Å². The van der Waals surface area contributed by atoms with Gasteiger partial charge in [0.15, 0.2) is 5.82 Å². The first kappa shape index (κ1) is 18.9. The van der Waals surface area contributed by atoms with Crippen LogP contribution >= 0.6 is 0 Å². The Bertz CT molecular complexity index is 1220. The number of carbonyl (C=O) groups is 2. The molecule has 0 atom stereocenters. The second-order valence-corrected chi connectivity index (χ2v) is 7.40. The van der Waals surface area contributed by atoms with Crippen LogP contribution in [0.4, 0.5) is 5.69 Å². The van der Waals surface area contributed by atoms with Crippen LogP contribution in [0.2, 0.25) is 0 Å². The smallest absolute Gasteiger partial charge is 0.261 e. The lowest BCUT2D eigenvalue weighted by molar-refractivity contribution is 0.0610. The largest absolute Gasteiger partial charge is 0.385 e. The third-order valence-electron chi connectivity index (χ3n) is 5.45. The lowest BCUT2D eigenvalue weighted by Crippen LogP contribution is -2.41. The number of hydrogen-bond donors (Lipinski definition) is 1. The third kappa shape index (κ3) is 3.53. The fourth-order valence-electron chi connectivity index (χ4n) is 3.94. The molecule has 0 radical (unpaired) electrons. The molecule has 5 rings (SSSR count). The second-order valence-electron chi connectivity index (χ2n) is 7.40. The quantitative estimate of drug-likeness (QED) is 0.378. The summed E-state index contributed by atoms with van der Waals surface area (Å²) in [7, 11) is 0. The molecule has 31 heavy (non-hydrogen) atoms. The van der Waals surface area contributed by atoms with Crippen molar-refractivity contribution in [3.63, 3.8) is 0 Å². The van der Waals surface area contributed by atoms with Gasteiger partial charge in [-0.3, -0.25) is 14.5 Å². The van der Waals surface area contributed by atoms with Gasteiger partial charge in [0.05, 0.1) is 0 Å². The van der Waals surface area contributed by atoms with Gasteiger partial charge in [-0.1, -0.05) is 24.3 Å². The van der Waals surface area contributed by atoms with E-state index in [0.29, 0.717) is 36.5 Å². The monoisotopic (exact) mass is 408 g/mol. The van der Waals surface area contributed by atoms with Crippen molar-refractivity contribution in [2.45, 2.75) is 6.42 Å². The van der Waals surface area contributed by atoms with Crippen molar-refractivity contribution in [1.29, 1.82) is 0 Å². The second kappa shape index (κ2) is 7.99. The lowest BCUT2D eigenvalue weighted by Gasteiger charge is -2.27. The van der Waals surface area contributed by atoms with E-state index in [1.165, 1.54) is 4.90 Å². The van der Waals surface area contributed by atoms with Gasteiger partial charge < -0.3 is 5.32 Å². The normalized spacial score (nSPS) is 13.0. The summed E-state index contributed by atoms with van der Waals surface area (Å²) >= 11 is 0. The summed E-state index contributed by atoms with van der Waals surface area (Å²) < 4.78 is 0. The zero-order valence-corrected chi connectivity index (χ0v) is 16.8. The van der Waals surface area contributed by atoms with E-state index in [1.807, 2.05) is 48.5 Å². The standard InChI is InChI=1S/C25H20N4O2/c30-24-20-7-1-5-17-6-2-8-21(22(17)20)25(31)29(24)16-4-15-26-19-11-9-18(10-12-19)23-27-13-3-14-28-23/h1-3,5-14,26H,4,15-16H2. The summed E-state index contributed by atoms with van der Waals surface area (Å²) in [5.41, 5.74) is 3.10.